The standard InChI is InChI=1S/C22H14Cl2N2O3/c23-15-9-7-13(8-10-15)20(27)18-19(14-4-3-5-16(24)12-14)26(22(29)21(18)28)17-6-1-2-11-25-17/h1-12,19,27H. The van der Waals surface area contributed by atoms with Gasteiger partial charge >= 0.3 is 5.91 Å². The molecule has 0 spiro atoms. The highest BCUT2D eigenvalue weighted by Crippen LogP contribution is 2.42. The van der Waals surface area contributed by atoms with Crippen molar-refractivity contribution in [2.24, 2.45) is 0 Å². The number of halogens is 2. The molecule has 1 atom stereocenters. The number of hydrogen-bond acceptors (Lipinski definition) is 4. The maximum absolute atomic E-state index is 12.9. The molecule has 144 valence electrons. The van der Waals surface area contributed by atoms with Gasteiger partial charge in [0, 0.05) is 21.8 Å². The Kier molecular flexibility index (Phi) is 5.09. The van der Waals surface area contributed by atoms with Crippen LogP contribution in [0.3, 0.4) is 0 Å². The first-order valence-electron chi connectivity index (χ1n) is 8.71. The summed E-state index contributed by atoms with van der Waals surface area (Å²) in [4.78, 5) is 31.3. The monoisotopic (exact) mass is 424 g/mol. The number of carbonyl (C=O) groups is 2. The van der Waals surface area contributed by atoms with E-state index in [-0.39, 0.29) is 11.3 Å². The molecule has 1 amide bonds. The van der Waals surface area contributed by atoms with E-state index in [9.17, 15) is 14.7 Å². The normalized spacial score (nSPS) is 18.3. The van der Waals surface area contributed by atoms with Gasteiger partial charge in [0.1, 0.15) is 11.6 Å². The van der Waals surface area contributed by atoms with Crippen LogP contribution < -0.4 is 4.90 Å². The molecular weight excluding hydrogens is 411 g/mol. The molecule has 2 aromatic carbocycles. The Bertz CT molecular complexity index is 1130. The average Bonchev–Trinajstić information content (AvgIpc) is 2.99. The number of rotatable bonds is 3. The Labute approximate surface area is 176 Å². The number of aliphatic hydroxyl groups is 1. The zero-order valence-electron chi connectivity index (χ0n) is 14.9. The lowest BCUT2D eigenvalue weighted by atomic mass is 9.95. The molecule has 7 heteroatoms. The summed E-state index contributed by atoms with van der Waals surface area (Å²) in [5, 5.41) is 11.9. The Morgan fingerprint density at radius 3 is 2.34 bits per heavy atom. The molecule has 0 saturated carbocycles. The molecule has 0 aliphatic carbocycles. The van der Waals surface area contributed by atoms with Crippen LogP contribution in [-0.2, 0) is 9.59 Å². The second-order valence-electron chi connectivity index (χ2n) is 6.42. The van der Waals surface area contributed by atoms with Gasteiger partial charge in [-0.25, -0.2) is 4.98 Å². The number of benzene rings is 2. The molecule has 1 fully saturated rings. The van der Waals surface area contributed by atoms with Gasteiger partial charge in [0.15, 0.2) is 0 Å². The fraction of sp³-hybridized carbons (Fsp3) is 0.0455. The van der Waals surface area contributed by atoms with Crippen molar-refractivity contribution in [3.63, 3.8) is 0 Å². The summed E-state index contributed by atoms with van der Waals surface area (Å²) >= 11 is 12.1. The van der Waals surface area contributed by atoms with E-state index in [1.54, 1.807) is 66.7 Å². The minimum Gasteiger partial charge on any atom is -0.507 e. The van der Waals surface area contributed by atoms with Gasteiger partial charge < -0.3 is 5.11 Å². The van der Waals surface area contributed by atoms with Crippen molar-refractivity contribution in [2.45, 2.75) is 6.04 Å². The van der Waals surface area contributed by atoms with Crippen molar-refractivity contribution >= 4 is 46.5 Å². The van der Waals surface area contributed by atoms with Gasteiger partial charge in [-0.2, -0.15) is 0 Å². The highest BCUT2D eigenvalue weighted by Gasteiger charge is 2.47. The number of amides is 1. The third-order valence-electron chi connectivity index (χ3n) is 4.62. The number of pyridine rings is 1. The van der Waals surface area contributed by atoms with Gasteiger partial charge in [0.25, 0.3) is 5.78 Å². The molecule has 1 aliphatic heterocycles. The zero-order chi connectivity index (χ0) is 20.5. The van der Waals surface area contributed by atoms with Gasteiger partial charge in [0.2, 0.25) is 0 Å². The van der Waals surface area contributed by atoms with Gasteiger partial charge in [-0.05, 0) is 54.1 Å². The van der Waals surface area contributed by atoms with E-state index in [0.29, 0.717) is 27.0 Å². The lowest BCUT2D eigenvalue weighted by Crippen LogP contribution is -2.30. The Balaban J connectivity index is 1.95. The number of ketones is 1. The molecule has 1 unspecified atom stereocenters. The number of anilines is 1. The number of nitrogens with zero attached hydrogens (tertiary/aromatic N) is 2. The van der Waals surface area contributed by atoms with E-state index in [1.807, 2.05) is 0 Å². The van der Waals surface area contributed by atoms with E-state index in [4.69, 9.17) is 23.2 Å². The second kappa shape index (κ2) is 7.70. The first-order chi connectivity index (χ1) is 14.0. The number of Topliss-reactive ketones (excluding diaryl/α,β-unsaturated/α-hetero) is 1. The van der Waals surface area contributed by atoms with Crippen LogP contribution in [0.5, 0.6) is 0 Å². The molecule has 1 aromatic heterocycles. The molecular formula is C22H14Cl2N2O3. The first kappa shape index (κ1) is 19.2. The quantitative estimate of drug-likeness (QED) is 0.364. The summed E-state index contributed by atoms with van der Waals surface area (Å²) in [6, 6.07) is 17.4. The molecule has 1 aliphatic rings. The fourth-order valence-electron chi connectivity index (χ4n) is 3.32. The van der Waals surface area contributed by atoms with E-state index in [0.717, 1.165) is 0 Å². The van der Waals surface area contributed by atoms with Gasteiger partial charge in [-0.1, -0.05) is 41.4 Å². The maximum atomic E-state index is 12.9. The van der Waals surface area contributed by atoms with Gasteiger partial charge in [0.05, 0.1) is 11.6 Å². The number of aromatic nitrogens is 1. The second-order valence-corrected chi connectivity index (χ2v) is 7.29. The van der Waals surface area contributed by atoms with E-state index in [1.165, 1.54) is 11.1 Å². The maximum Gasteiger partial charge on any atom is 0.301 e. The first-order valence-corrected chi connectivity index (χ1v) is 9.46. The number of aliphatic hydroxyl groups excluding tert-OH is 1. The van der Waals surface area contributed by atoms with E-state index < -0.39 is 17.7 Å². The Morgan fingerprint density at radius 1 is 0.931 bits per heavy atom. The van der Waals surface area contributed by atoms with E-state index in [2.05, 4.69) is 4.98 Å². The third kappa shape index (κ3) is 3.50. The number of carbonyl (C=O) groups excluding carboxylic acids is 2. The predicted molar refractivity (Wildman–Crippen MR) is 112 cm³/mol. The highest BCUT2D eigenvalue weighted by molar-refractivity contribution is 6.51. The van der Waals surface area contributed by atoms with Gasteiger partial charge in [-0.3, -0.25) is 14.5 Å². The zero-order valence-corrected chi connectivity index (χ0v) is 16.4. The smallest absolute Gasteiger partial charge is 0.301 e. The van der Waals surface area contributed by atoms with Crippen LogP contribution in [0.25, 0.3) is 5.76 Å². The van der Waals surface area contributed by atoms with Crippen molar-refractivity contribution in [2.75, 3.05) is 4.90 Å². The van der Waals surface area contributed by atoms with E-state index >= 15 is 0 Å². The van der Waals surface area contributed by atoms with Crippen LogP contribution >= 0.6 is 23.2 Å². The molecule has 1 saturated heterocycles. The summed E-state index contributed by atoms with van der Waals surface area (Å²) in [6.07, 6.45) is 1.53. The SMILES string of the molecule is O=C1C(=O)N(c2ccccn2)C(c2cccc(Cl)c2)C1=C(O)c1ccc(Cl)cc1. The van der Waals surface area contributed by atoms with Crippen molar-refractivity contribution in [1.82, 2.24) is 4.98 Å². The van der Waals surface area contributed by atoms with Crippen molar-refractivity contribution < 1.29 is 14.7 Å². The molecule has 0 bridgehead atoms. The molecule has 2 heterocycles. The van der Waals surface area contributed by atoms with Crippen LogP contribution in [0.1, 0.15) is 17.2 Å². The minimum absolute atomic E-state index is 0.0368. The number of hydrogen-bond donors (Lipinski definition) is 1. The minimum atomic E-state index is -0.876. The Hall–Kier alpha value is -3.15. The highest BCUT2D eigenvalue weighted by atomic mass is 35.5. The summed E-state index contributed by atoms with van der Waals surface area (Å²) in [5.74, 6) is -1.56. The molecule has 4 rings (SSSR count). The van der Waals surface area contributed by atoms with Crippen LogP contribution in [-0.4, -0.2) is 21.8 Å². The Morgan fingerprint density at radius 2 is 1.69 bits per heavy atom. The largest absolute Gasteiger partial charge is 0.507 e. The van der Waals surface area contributed by atoms with Crippen molar-refractivity contribution in [1.29, 1.82) is 0 Å². The molecule has 1 N–H and O–H groups in total. The summed E-state index contributed by atoms with van der Waals surface area (Å²) in [5.41, 5.74) is 0.920. The molecule has 5 nitrogen and oxygen atoms in total. The average molecular weight is 425 g/mol. The van der Waals surface area contributed by atoms with Crippen LogP contribution in [0.4, 0.5) is 5.82 Å². The lowest BCUT2D eigenvalue weighted by molar-refractivity contribution is -0.132. The summed E-state index contributed by atoms with van der Waals surface area (Å²) in [6.45, 7) is 0. The molecule has 0 radical (unpaired) electrons. The van der Waals surface area contributed by atoms with Crippen LogP contribution in [0, 0.1) is 0 Å². The van der Waals surface area contributed by atoms with Gasteiger partial charge in [-0.15, -0.1) is 0 Å². The third-order valence-corrected chi connectivity index (χ3v) is 5.11. The predicted octanol–water partition coefficient (Wildman–Crippen LogP) is 5.01. The van der Waals surface area contributed by atoms with Crippen LogP contribution in [0.15, 0.2) is 78.5 Å². The molecule has 29 heavy (non-hydrogen) atoms. The topological polar surface area (TPSA) is 70.5 Å². The fourth-order valence-corrected chi connectivity index (χ4v) is 3.65. The van der Waals surface area contributed by atoms with Crippen molar-refractivity contribution in [3.05, 3.63) is 99.7 Å². The summed E-state index contributed by atoms with van der Waals surface area (Å²) in [7, 11) is 0. The molecule has 3 aromatic rings. The lowest BCUT2D eigenvalue weighted by Gasteiger charge is -2.24. The van der Waals surface area contributed by atoms with Crippen LogP contribution in [0.2, 0.25) is 10.0 Å². The van der Waals surface area contributed by atoms with Crippen molar-refractivity contribution in [3.8, 4) is 0 Å². The summed E-state index contributed by atoms with van der Waals surface area (Å²) < 4.78 is 0.